The van der Waals surface area contributed by atoms with E-state index >= 15 is 4.39 Å². The molecular formula is C29H23F5N4. The molecule has 2 atom stereocenters. The molecule has 2 N–H and O–H groups in total. The Morgan fingerprint density at radius 2 is 1.68 bits per heavy atom. The normalized spacial score (nSPS) is 22.6. The van der Waals surface area contributed by atoms with Crippen LogP contribution in [0.3, 0.4) is 0 Å². The lowest BCUT2D eigenvalue weighted by atomic mass is 9.62. The third kappa shape index (κ3) is 3.82. The standard InChI is InChI=1S/C29H23F5N4/c1-13-14-3-5-15(6-4-14)25(13)37-29-24(34)23(16-7-8-20(31)21(32)9-16)28(35-2)27(38-29)19-12-36-26-18(19)10-17(30)11-22(26)33/h7-15,25,36H,3-6H2,1H3,(H,37,38)/t13-,14?,15?,25+/m0/s1. The number of hydrogen-bond donors (Lipinski definition) is 2. The van der Waals surface area contributed by atoms with Crippen LogP contribution in [0.1, 0.15) is 32.6 Å². The van der Waals surface area contributed by atoms with Gasteiger partial charge < -0.3 is 10.3 Å². The van der Waals surface area contributed by atoms with Crippen molar-refractivity contribution in [1.82, 2.24) is 9.97 Å². The molecule has 0 spiro atoms. The number of pyridine rings is 1. The zero-order chi connectivity index (χ0) is 26.7. The molecule has 4 nitrogen and oxygen atoms in total. The third-order valence-electron chi connectivity index (χ3n) is 8.33. The summed E-state index contributed by atoms with van der Waals surface area (Å²) < 4.78 is 72.8. The fourth-order valence-corrected chi connectivity index (χ4v) is 6.37. The number of H-pyrrole nitrogens is 1. The van der Waals surface area contributed by atoms with Crippen molar-refractivity contribution >= 4 is 22.4 Å². The molecule has 0 amide bonds. The lowest BCUT2D eigenvalue weighted by Gasteiger charge is -2.47. The molecule has 0 saturated heterocycles. The van der Waals surface area contributed by atoms with Crippen LogP contribution < -0.4 is 5.32 Å². The summed E-state index contributed by atoms with van der Waals surface area (Å²) in [5.41, 5.74) is -0.405. The van der Waals surface area contributed by atoms with Gasteiger partial charge in [-0.15, -0.1) is 0 Å². The highest BCUT2D eigenvalue weighted by atomic mass is 19.2. The summed E-state index contributed by atoms with van der Waals surface area (Å²) in [6.07, 6.45) is 5.64. The molecule has 3 aliphatic rings. The summed E-state index contributed by atoms with van der Waals surface area (Å²) in [7, 11) is 0. The Balaban J connectivity index is 1.60. The zero-order valence-corrected chi connectivity index (χ0v) is 20.4. The molecule has 3 fully saturated rings. The lowest BCUT2D eigenvalue weighted by molar-refractivity contribution is 0.0926. The first-order chi connectivity index (χ1) is 18.3. The zero-order valence-electron chi connectivity index (χ0n) is 20.4. The molecular weight excluding hydrogens is 499 g/mol. The van der Waals surface area contributed by atoms with Gasteiger partial charge in [-0.3, -0.25) is 0 Å². The molecule has 7 rings (SSSR count). The highest BCUT2D eigenvalue weighted by molar-refractivity contribution is 6.01. The van der Waals surface area contributed by atoms with E-state index in [2.05, 4.69) is 27.1 Å². The van der Waals surface area contributed by atoms with Crippen molar-refractivity contribution in [3.63, 3.8) is 0 Å². The quantitative estimate of drug-likeness (QED) is 0.209. The second-order valence-electron chi connectivity index (χ2n) is 10.3. The van der Waals surface area contributed by atoms with Gasteiger partial charge in [0.2, 0.25) is 5.69 Å². The number of fused-ring (bicyclic) bond motifs is 4. The molecule has 38 heavy (non-hydrogen) atoms. The Kier molecular flexibility index (Phi) is 5.86. The number of anilines is 1. The van der Waals surface area contributed by atoms with Crippen LogP contribution in [0.15, 0.2) is 36.5 Å². The predicted molar refractivity (Wildman–Crippen MR) is 135 cm³/mol. The maximum Gasteiger partial charge on any atom is 0.223 e. The smallest absolute Gasteiger partial charge is 0.223 e. The number of rotatable bonds is 4. The summed E-state index contributed by atoms with van der Waals surface area (Å²) >= 11 is 0. The molecule has 3 saturated carbocycles. The van der Waals surface area contributed by atoms with E-state index in [4.69, 9.17) is 6.57 Å². The summed E-state index contributed by atoms with van der Waals surface area (Å²) in [5.74, 6) is -3.87. The summed E-state index contributed by atoms with van der Waals surface area (Å²) in [5, 5.41) is 3.40. The van der Waals surface area contributed by atoms with Gasteiger partial charge in [-0.25, -0.2) is 31.8 Å². The minimum atomic E-state index is -1.19. The highest BCUT2D eigenvalue weighted by Crippen LogP contribution is 2.48. The van der Waals surface area contributed by atoms with Crippen LogP contribution in [-0.2, 0) is 0 Å². The number of nitrogens with one attached hydrogen (secondary N) is 2. The van der Waals surface area contributed by atoms with E-state index < -0.39 is 29.1 Å². The van der Waals surface area contributed by atoms with Gasteiger partial charge in [0.1, 0.15) is 11.6 Å². The van der Waals surface area contributed by atoms with Crippen molar-refractivity contribution in [3.05, 3.63) is 77.0 Å². The molecule has 4 aromatic rings. The van der Waals surface area contributed by atoms with Gasteiger partial charge in [0, 0.05) is 34.8 Å². The van der Waals surface area contributed by atoms with Gasteiger partial charge in [-0.1, -0.05) is 13.0 Å². The molecule has 0 radical (unpaired) electrons. The Morgan fingerprint density at radius 3 is 2.37 bits per heavy atom. The van der Waals surface area contributed by atoms with Gasteiger partial charge in [-0.2, -0.15) is 0 Å². The number of hydrogen-bond acceptors (Lipinski definition) is 2. The molecule has 0 unspecified atom stereocenters. The van der Waals surface area contributed by atoms with Crippen molar-refractivity contribution in [1.29, 1.82) is 0 Å². The van der Waals surface area contributed by atoms with E-state index in [-0.39, 0.29) is 56.8 Å². The first-order valence-corrected chi connectivity index (χ1v) is 12.6. The molecule has 2 bridgehead atoms. The van der Waals surface area contributed by atoms with Crippen molar-refractivity contribution in [2.24, 2.45) is 17.8 Å². The van der Waals surface area contributed by atoms with Crippen LogP contribution in [0.25, 0.3) is 38.1 Å². The fourth-order valence-electron chi connectivity index (χ4n) is 6.37. The number of nitrogens with zero attached hydrogens (tertiary/aromatic N) is 2. The van der Waals surface area contributed by atoms with Gasteiger partial charge in [0.25, 0.3) is 0 Å². The minimum Gasteiger partial charge on any atom is -0.364 e. The van der Waals surface area contributed by atoms with E-state index in [1.165, 1.54) is 12.3 Å². The Bertz CT molecular complexity index is 1610. The summed E-state index contributed by atoms with van der Waals surface area (Å²) in [4.78, 5) is 10.8. The second kappa shape index (κ2) is 9.12. The summed E-state index contributed by atoms with van der Waals surface area (Å²) in [6.45, 7) is 9.98. The van der Waals surface area contributed by atoms with E-state index in [0.717, 1.165) is 49.9 Å². The first-order valence-electron chi connectivity index (χ1n) is 12.6. The molecule has 9 heteroatoms. The van der Waals surface area contributed by atoms with Crippen LogP contribution in [0, 0.1) is 53.4 Å². The lowest BCUT2D eigenvalue weighted by Crippen LogP contribution is -2.47. The Labute approximate surface area is 215 Å². The monoisotopic (exact) mass is 522 g/mol. The maximum atomic E-state index is 16.2. The van der Waals surface area contributed by atoms with E-state index in [0.29, 0.717) is 11.8 Å². The van der Waals surface area contributed by atoms with Gasteiger partial charge in [0.05, 0.1) is 17.8 Å². The Morgan fingerprint density at radius 1 is 0.947 bits per heavy atom. The Hall–Kier alpha value is -3.93. The first kappa shape index (κ1) is 24.4. The summed E-state index contributed by atoms with van der Waals surface area (Å²) in [6, 6.07) is 4.66. The molecule has 3 aliphatic carbocycles. The third-order valence-corrected chi connectivity index (χ3v) is 8.33. The molecule has 2 heterocycles. The van der Waals surface area contributed by atoms with Crippen molar-refractivity contribution in [2.75, 3.05) is 5.32 Å². The van der Waals surface area contributed by atoms with Crippen LogP contribution in [0.2, 0.25) is 0 Å². The molecule has 2 aromatic carbocycles. The average molecular weight is 523 g/mol. The molecule has 194 valence electrons. The maximum absolute atomic E-state index is 16.2. The fraction of sp³-hybridized carbons (Fsp3) is 0.310. The van der Waals surface area contributed by atoms with Gasteiger partial charge >= 0.3 is 0 Å². The molecule has 2 aromatic heterocycles. The molecule has 0 aliphatic heterocycles. The number of benzene rings is 2. The van der Waals surface area contributed by atoms with E-state index in [1.54, 1.807) is 0 Å². The number of halogens is 5. The topological polar surface area (TPSA) is 45.1 Å². The SMILES string of the molecule is [C-]#[N+]c1c(-c2c[nH]c3c(F)cc(F)cc23)nc(N[C@H]2C3CCC(CC3)[C@@H]2C)c(F)c1-c1ccc(F)c(F)c1. The minimum absolute atomic E-state index is 0.00514. The van der Waals surface area contributed by atoms with Crippen LogP contribution in [0.4, 0.5) is 33.5 Å². The van der Waals surface area contributed by atoms with Crippen LogP contribution in [-0.4, -0.2) is 16.0 Å². The second-order valence-corrected chi connectivity index (χ2v) is 10.3. The van der Waals surface area contributed by atoms with E-state index in [9.17, 15) is 17.6 Å². The van der Waals surface area contributed by atoms with E-state index in [1.807, 2.05) is 0 Å². The number of aromatic nitrogens is 2. The van der Waals surface area contributed by atoms with Gasteiger partial charge in [0.15, 0.2) is 23.3 Å². The number of aromatic amines is 1. The van der Waals surface area contributed by atoms with Crippen LogP contribution >= 0.6 is 0 Å². The van der Waals surface area contributed by atoms with Crippen molar-refractivity contribution in [2.45, 2.75) is 38.6 Å². The van der Waals surface area contributed by atoms with Gasteiger partial charge in [-0.05, 0) is 67.2 Å². The average Bonchev–Trinajstić information content (AvgIpc) is 3.32. The largest absolute Gasteiger partial charge is 0.364 e. The highest BCUT2D eigenvalue weighted by Gasteiger charge is 2.42. The van der Waals surface area contributed by atoms with Crippen LogP contribution in [0.5, 0.6) is 0 Å². The predicted octanol–water partition coefficient (Wildman–Crippen LogP) is 8.38. The van der Waals surface area contributed by atoms with Crippen molar-refractivity contribution in [3.8, 4) is 22.4 Å². The van der Waals surface area contributed by atoms with Crippen molar-refractivity contribution < 1.29 is 22.0 Å².